The number of nitrogens with one attached hydrogen (secondary N) is 2. The molecule has 2 N–H and O–H groups in total. The summed E-state index contributed by atoms with van der Waals surface area (Å²) in [5.41, 5.74) is 2.22. The summed E-state index contributed by atoms with van der Waals surface area (Å²) in [7, 11) is 0. The Labute approximate surface area is 118 Å². The molecule has 3 heteroatoms. The lowest BCUT2D eigenvalue weighted by Gasteiger charge is -2.15. The molecule has 0 heterocycles. The Balaban J connectivity index is 0.00000200. The molecule has 1 aromatic carbocycles. The summed E-state index contributed by atoms with van der Waals surface area (Å²) < 4.78 is 0. The summed E-state index contributed by atoms with van der Waals surface area (Å²) in [6, 6.07) is 8.56. The Hall–Kier alpha value is -1.51. The van der Waals surface area contributed by atoms with Gasteiger partial charge in [-0.05, 0) is 49.3 Å². The van der Waals surface area contributed by atoms with Gasteiger partial charge >= 0.3 is 6.03 Å². The highest BCUT2D eigenvalue weighted by Crippen LogP contribution is 2.26. The van der Waals surface area contributed by atoms with Crippen molar-refractivity contribution < 1.29 is 7.65 Å². The molecular formula is C16H28N2O. The van der Waals surface area contributed by atoms with E-state index in [2.05, 4.69) is 36.6 Å². The normalized spacial score (nSPS) is 15.9. The number of benzene rings is 1. The van der Waals surface area contributed by atoms with Gasteiger partial charge in [0.05, 0.1) is 0 Å². The van der Waals surface area contributed by atoms with Crippen LogP contribution < -0.4 is 10.6 Å². The maximum atomic E-state index is 11.7. The Kier molecular flexibility index (Phi) is 4.83. The standard InChI is InChI=1S/C16H24N2O.2H2/c1-3-6-12(4-2)13-7-5-8-15(11-13)18-16(19)17-14-9-10-14;;/h5,7-8,11-12,14H,3-4,6,9-10H2,1-2H3,(H2,17,18,19);2*1H. The fourth-order valence-corrected chi connectivity index (χ4v) is 2.41. The second-order valence-electron chi connectivity index (χ2n) is 5.39. The number of anilines is 1. The van der Waals surface area contributed by atoms with Crippen LogP contribution in [0, 0.1) is 0 Å². The molecule has 108 valence electrons. The van der Waals surface area contributed by atoms with Crippen LogP contribution in [0.25, 0.3) is 0 Å². The highest BCUT2D eigenvalue weighted by molar-refractivity contribution is 5.89. The molecule has 0 bridgehead atoms. The third-order valence-corrected chi connectivity index (χ3v) is 3.66. The first-order valence-electron chi connectivity index (χ1n) is 7.40. The zero-order valence-corrected chi connectivity index (χ0v) is 11.9. The first kappa shape index (κ1) is 13.9. The van der Waals surface area contributed by atoms with Crippen molar-refractivity contribution in [3.63, 3.8) is 0 Å². The van der Waals surface area contributed by atoms with E-state index in [1.165, 1.54) is 18.4 Å². The summed E-state index contributed by atoms with van der Waals surface area (Å²) in [6.07, 6.45) is 5.77. The van der Waals surface area contributed by atoms with Crippen molar-refractivity contribution in [2.75, 3.05) is 5.32 Å². The third kappa shape index (κ3) is 4.27. The van der Waals surface area contributed by atoms with Crippen molar-refractivity contribution >= 4 is 11.7 Å². The van der Waals surface area contributed by atoms with Gasteiger partial charge in [-0.25, -0.2) is 4.79 Å². The Morgan fingerprint density at radius 2 is 2.21 bits per heavy atom. The molecule has 1 aliphatic carbocycles. The molecule has 1 saturated carbocycles. The number of rotatable bonds is 6. The lowest BCUT2D eigenvalue weighted by molar-refractivity contribution is 0.251. The van der Waals surface area contributed by atoms with Gasteiger partial charge < -0.3 is 10.6 Å². The van der Waals surface area contributed by atoms with Crippen molar-refractivity contribution in [2.45, 2.75) is 57.9 Å². The highest BCUT2D eigenvalue weighted by Gasteiger charge is 2.23. The largest absolute Gasteiger partial charge is 0.335 e. The van der Waals surface area contributed by atoms with Gasteiger partial charge in [0.25, 0.3) is 0 Å². The van der Waals surface area contributed by atoms with Crippen LogP contribution in [0.2, 0.25) is 0 Å². The van der Waals surface area contributed by atoms with Crippen molar-refractivity contribution in [1.82, 2.24) is 5.32 Å². The van der Waals surface area contributed by atoms with E-state index in [0.717, 1.165) is 24.9 Å². The number of urea groups is 1. The number of carbonyl (C=O) groups excluding carboxylic acids is 1. The molecule has 0 aliphatic heterocycles. The van der Waals surface area contributed by atoms with E-state index in [4.69, 9.17) is 0 Å². The van der Waals surface area contributed by atoms with Crippen molar-refractivity contribution in [3.8, 4) is 0 Å². The van der Waals surface area contributed by atoms with Crippen LogP contribution in [0.5, 0.6) is 0 Å². The minimum absolute atomic E-state index is 0. The smallest absolute Gasteiger partial charge is 0.319 e. The second kappa shape index (κ2) is 6.60. The monoisotopic (exact) mass is 264 g/mol. The average Bonchev–Trinajstić information content (AvgIpc) is 3.20. The average molecular weight is 264 g/mol. The Bertz CT molecular complexity index is 436. The van der Waals surface area contributed by atoms with Gasteiger partial charge in [-0.15, -0.1) is 0 Å². The molecule has 3 nitrogen and oxygen atoms in total. The zero-order valence-electron chi connectivity index (χ0n) is 11.9. The molecule has 1 fully saturated rings. The van der Waals surface area contributed by atoms with Gasteiger partial charge in [0.15, 0.2) is 0 Å². The van der Waals surface area contributed by atoms with E-state index < -0.39 is 0 Å². The summed E-state index contributed by atoms with van der Waals surface area (Å²) in [4.78, 5) is 11.7. The Morgan fingerprint density at radius 3 is 2.84 bits per heavy atom. The maximum Gasteiger partial charge on any atom is 0.319 e. The number of carbonyl (C=O) groups is 1. The van der Waals surface area contributed by atoms with Crippen LogP contribution in [-0.2, 0) is 0 Å². The fraction of sp³-hybridized carbons (Fsp3) is 0.562. The Morgan fingerprint density at radius 1 is 1.42 bits per heavy atom. The summed E-state index contributed by atoms with van der Waals surface area (Å²) in [5, 5.41) is 5.86. The van der Waals surface area contributed by atoms with E-state index in [1.807, 2.05) is 12.1 Å². The first-order valence-corrected chi connectivity index (χ1v) is 7.40. The molecule has 1 aliphatic rings. The number of hydrogen-bond acceptors (Lipinski definition) is 1. The molecule has 0 saturated heterocycles. The van der Waals surface area contributed by atoms with Gasteiger partial charge in [-0.1, -0.05) is 32.4 Å². The fourth-order valence-electron chi connectivity index (χ4n) is 2.41. The van der Waals surface area contributed by atoms with Gasteiger partial charge in [-0.3, -0.25) is 0 Å². The molecular weight excluding hydrogens is 236 g/mol. The first-order chi connectivity index (χ1) is 9.22. The van der Waals surface area contributed by atoms with E-state index in [1.54, 1.807) is 0 Å². The minimum Gasteiger partial charge on any atom is -0.335 e. The summed E-state index contributed by atoms with van der Waals surface area (Å²) >= 11 is 0. The lowest BCUT2D eigenvalue weighted by atomic mass is 9.92. The third-order valence-electron chi connectivity index (χ3n) is 3.66. The van der Waals surface area contributed by atoms with Crippen molar-refractivity contribution in [1.29, 1.82) is 0 Å². The van der Waals surface area contributed by atoms with Crippen LogP contribution in [0.15, 0.2) is 24.3 Å². The van der Waals surface area contributed by atoms with Crippen LogP contribution >= 0.6 is 0 Å². The van der Waals surface area contributed by atoms with Gasteiger partial charge in [0.2, 0.25) is 0 Å². The summed E-state index contributed by atoms with van der Waals surface area (Å²) in [5.74, 6) is 0.596. The van der Waals surface area contributed by atoms with Crippen LogP contribution in [0.1, 0.15) is 60.3 Å². The van der Waals surface area contributed by atoms with Crippen LogP contribution in [0.3, 0.4) is 0 Å². The molecule has 0 aromatic heterocycles. The summed E-state index contributed by atoms with van der Waals surface area (Å²) in [6.45, 7) is 4.44. The zero-order chi connectivity index (χ0) is 13.7. The van der Waals surface area contributed by atoms with Gasteiger partial charge in [0, 0.05) is 14.6 Å². The van der Waals surface area contributed by atoms with Crippen molar-refractivity contribution in [3.05, 3.63) is 29.8 Å². The van der Waals surface area contributed by atoms with E-state index >= 15 is 0 Å². The SMILES string of the molecule is CCCC(CC)c1cccc(NC(=O)NC2CC2)c1.[HH].[HH]. The minimum atomic E-state index is -0.0804. The number of hydrogen-bond donors (Lipinski definition) is 2. The van der Waals surface area contributed by atoms with Crippen molar-refractivity contribution in [2.24, 2.45) is 0 Å². The van der Waals surface area contributed by atoms with Crippen LogP contribution in [0.4, 0.5) is 10.5 Å². The molecule has 2 rings (SSSR count). The van der Waals surface area contributed by atoms with E-state index in [0.29, 0.717) is 12.0 Å². The lowest BCUT2D eigenvalue weighted by Crippen LogP contribution is -2.30. The topological polar surface area (TPSA) is 41.1 Å². The molecule has 1 aromatic rings. The molecule has 19 heavy (non-hydrogen) atoms. The van der Waals surface area contributed by atoms with E-state index in [-0.39, 0.29) is 8.88 Å². The van der Waals surface area contributed by atoms with E-state index in [9.17, 15) is 4.79 Å². The molecule has 0 radical (unpaired) electrons. The maximum absolute atomic E-state index is 11.7. The predicted octanol–water partition coefficient (Wildman–Crippen LogP) is 4.76. The van der Waals surface area contributed by atoms with Gasteiger partial charge in [-0.2, -0.15) is 0 Å². The predicted molar refractivity (Wildman–Crippen MR) is 83.8 cm³/mol. The van der Waals surface area contributed by atoms with Crippen LogP contribution in [-0.4, -0.2) is 12.1 Å². The quantitative estimate of drug-likeness (QED) is 0.764. The molecule has 1 unspecified atom stereocenters. The highest BCUT2D eigenvalue weighted by atomic mass is 16.2. The molecule has 2 amide bonds. The molecule has 1 atom stereocenters. The number of amides is 2. The van der Waals surface area contributed by atoms with Gasteiger partial charge in [0.1, 0.15) is 0 Å². The molecule has 0 spiro atoms. The second-order valence-corrected chi connectivity index (χ2v) is 5.39.